The van der Waals surface area contributed by atoms with Gasteiger partial charge in [-0.05, 0) is 56.0 Å². The number of carbonyl (C=O) groups is 1. The number of carbonyl (C=O) groups excluding carboxylic acids is 1. The average molecular weight is 313 g/mol. The van der Waals surface area contributed by atoms with E-state index >= 15 is 0 Å². The molecule has 1 amide bonds. The maximum atomic E-state index is 12.8. The highest BCUT2D eigenvalue weighted by Crippen LogP contribution is 2.18. The van der Waals surface area contributed by atoms with E-state index in [1.165, 1.54) is 12.1 Å². The Morgan fingerprint density at radius 3 is 2.43 bits per heavy atom. The maximum Gasteiger partial charge on any atom is 0.249 e. The molecular formula is C16H22ClFN2O. The highest BCUT2D eigenvalue weighted by atomic mass is 35.5. The van der Waals surface area contributed by atoms with Crippen LogP contribution in [0.1, 0.15) is 25.3 Å². The quantitative estimate of drug-likeness (QED) is 0.872. The highest BCUT2D eigenvalue weighted by molar-refractivity contribution is 5.97. The van der Waals surface area contributed by atoms with Crippen molar-refractivity contribution in [2.24, 2.45) is 11.7 Å². The number of halogens is 2. The minimum atomic E-state index is -0.269. The normalized spacial score (nSPS) is 16.5. The zero-order chi connectivity index (χ0) is 14.5. The predicted octanol–water partition coefficient (Wildman–Crippen LogP) is 2.85. The summed E-state index contributed by atoms with van der Waals surface area (Å²) in [6, 6.07) is 6.15. The Morgan fingerprint density at radius 1 is 1.33 bits per heavy atom. The molecule has 0 saturated carbocycles. The van der Waals surface area contributed by atoms with E-state index in [2.05, 4.69) is 0 Å². The summed E-state index contributed by atoms with van der Waals surface area (Å²) in [5.41, 5.74) is 7.18. The summed E-state index contributed by atoms with van der Waals surface area (Å²) < 4.78 is 12.8. The number of rotatable bonds is 3. The molecule has 1 aromatic rings. The van der Waals surface area contributed by atoms with E-state index in [1.54, 1.807) is 25.1 Å². The summed E-state index contributed by atoms with van der Waals surface area (Å²) in [5, 5.41) is 0. The van der Waals surface area contributed by atoms with Gasteiger partial charge in [-0.3, -0.25) is 4.79 Å². The number of piperidine rings is 1. The maximum absolute atomic E-state index is 12.8. The largest absolute Gasteiger partial charge is 0.339 e. The van der Waals surface area contributed by atoms with Gasteiger partial charge in [0.15, 0.2) is 0 Å². The summed E-state index contributed by atoms with van der Waals surface area (Å²) in [6.07, 6.45) is 3.76. The first-order valence-electron chi connectivity index (χ1n) is 7.03. The standard InChI is InChI=1S/C16H21FN2O.ClH/c1-12(10-13-2-4-15(17)5-3-13)16(20)19-8-6-14(11-18)7-9-19;/h2-5,10,14H,6-9,11,18H2,1H3;1H/b12-10+;. The Balaban J connectivity index is 0.00000220. The number of amides is 1. The van der Waals surface area contributed by atoms with Gasteiger partial charge in [-0.2, -0.15) is 0 Å². The Morgan fingerprint density at radius 2 is 1.90 bits per heavy atom. The van der Waals surface area contributed by atoms with Crippen molar-refractivity contribution in [2.45, 2.75) is 19.8 Å². The molecule has 1 aliphatic heterocycles. The number of benzene rings is 1. The monoisotopic (exact) mass is 312 g/mol. The molecule has 1 heterocycles. The van der Waals surface area contributed by atoms with Crippen LogP contribution >= 0.6 is 12.4 Å². The Labute approximate surface area is 131 Å². The molecule has 0 bridgehead atoms. The molecule has 0 atom stereocenters. The van der Waals surface area contributed by atoms with E-state index in [1.807, 2.05) is 4.90 Å². The van der Waals surface area contributed by atoms with E-state index in [-0.39, 0.29) is 24.1 Å². The van der Waals surface area contributed by atoms with Gasteiger partial charge in [0.1, 0.15) is 5.82 Å². The molecule has 1 saturated heterocycles. The molecule has 0 spiro atoms. The first-order valence-corrected chi connectivity index (χ1v) is 7.03. The molecule has 0 aliphatic carbocycles. The van der Waals surface area contributed by atoms with Crippen LogP contribution in [0.2, 0.25) is 0 Å². The molecule has 2 rings (SSSR count). The van der Waals surface area contributed by atoms with Crippen molar-refractivity contribution in [2.75, 3.05) is 19.6 Å². The van der Waals surface area contributed by atoms with E-state index < -0.39 is 0 Å². The first kappa shape index (κ1) is 17.7. The summed E-state index contributed by atoms with van der Waals surface area (Å²) in [7, 11) is 0. The number of hydrogen-bond acceptors (Lipinski definition) is 2. The number of likely N-dealkylation sites (tertiary alicyclic amines) is 1. The second-order valence-corrected chi connectivity index (χ2v) is 5.35. The fraction of sp³-hybridized carbons (Fsp3) is 0.438. The molecule has 21 heavy (non-hydrogen) atoms. The van der Waals surface area contributed by atoms with Crippen LogP contribution in [0, 0.1) is 11.7 Å². The van der Waals surface area contributed by atoms with Crippen molar-refractivity contribution in [3.05, 3.63) is 41.2 Å². The van der Waals surface area contributed by atoms with Crippen LogP contribution in [-0.4, -0.2) is 30.4 Å². The highest BCUT2D eigenvalue weighted by Gasteiger charge is 2.22. The molecule has 116 valence electrons. The third kappa shape index (κ3) is 4.83. The molecule has 2 N–H and O–H groups in total. The molecule has 0 radical (unpaired) electrons. The van der Waals surface area contributed by atoms with Crippen molar-refractivity contribution >= 4 is 24.4 Å². The third-order valence-electron chi connectivity index (χ3n) is 3.83. The van der Waals surface area contributed by atoms with Gasteiger partial charge in [0.25, 0.3) is 0 Å². The lowest BCUT2D eigenvalue weighted by molar-refractivity contribution is -0.128. The molecule has 5 heteroatoms. The van der Waals surface area contributed by atoms with Crippen molar-refractivity contribution in [1.82, 2.24) is 4.90 Å². The van der Waals surface area contributed by atoms with Gasteiger partial charge in [0, 0.05) is 18.7 Å². The average Bonchev–Trinajstić information content (AvgIpc) is 2.49. The second-order valence-electron chi connectivity index (χ2n) is 5.35. The van der Waals surface area contributed by atoms with E-state index in [9.17, 15) is 9.18 Å². The zero-order valence-electron chi connectivity index (χ0n) is 12.2. The van der Waals surface area contributed by atoms with E-state index in [0.29, 0.717) is 18.0 Å². The van der Waals surface area contributed by atoms with Gasteiger partial charge >= 0.3 is 0 Å². The van der Waals surface area contributed by atoms with E-state index in [0.717, 1.165) is 31.5 Å². The molecule has 0 aromatic heterocycles. The van der Waals surface area contributed by atoms with Crippen LogP contribution < -0.4 is 5.73 Å². The fourth-order valence-corrected chi connectivity index (χ4v) is 2.49. The predicted molar refractivity (Wildman–Crippen MR) is 85.7 cm³/mol. The van der Waals surface area contributed by atoms with Crippen molar-refractivity contribution in [3.63, 3.8) is 0 Å². The second kappa shape index (κ2) is 8.15. The van der Waals surface area contributed by atoms with Gasteiger partial charge in [0.05, 0.1) is 0 Å². The van der Waals surface area contributed by atoms with Gasteiger partial charge in [-0.25, -0.2) is 4.39 Å². The van der Waals surface area contributed by atoms with Gasteiger partial charge in [-0.1, -0.05) is 12.1 Å². The first-order chi connectivity index (χ1) is 9.60. The summed E-state index contributed by atoms with van der Waals surface area (Å²) in [6.45, 7) is 4.05. The van der Waals surface area contributed by atoms with Crippen LogP contribution in [0.15, 0.2) is 29.8 Å². The van der Waals surface area contributed by atoms with Crippen molar-refractivity contribution in [3.8, 4) is 0 Å². The molecule has 1 aromatic carbocycles. The Hall–Kier alpha value is -1.39. The lowest BCUT2D eigenvalue weighted by atomic mass is 9.96. The lowest BCUT2D eigenvalue weighted by Crippen LogP contribution is -2.40. The summed E-state index contributed by atoms with van der Waals surface area (Å²) in [4.78, 5) is 14.2. The smallest absolute Gasteiger partial charge is 0.249 e. The van der Waals surface area contributed by atoms with Crippen LogP contribution in [0.5, 0.6) is 0 Å². The van der Waals surface area contributed by atoms with Crippen LogP contribution in [-0.2, 0) is 4.79 Å². The zero-order valence-corrected chi connectivity index (χ0v) is 13.0. The number of nitrogens with zero attached hydrogens (tertiary/aromatic N) is 1. The lowest BCUT2D eigenvalue weighted by Gasteiger charge is -2.31. The minimum Gasteiger partial charge on any atom is -0.339 e. The van der Waals surface area contributed by atoms with Crippen molar-refractivity contribution in [1.29, 1.82) is 0 Å². The van der Waals surface area contributed by atoms with Gasteiger partial charge < -0.3 is 10.6 Å². The van der Waals surface area contributed by atoms with E-state index in [4.69, 9.17) is 5.73 Å². The fourth-order valence-electron chi connectivity index (χ4n) is 2.49. The van der Waals surface area contributed by atoms with Gasteiger partial charge in [-0.15, -0.1) is 12.4 Å². The third-order valence-corrected chi connectivity index (χ3v) is 3.83. The molecular weight excluding hydrogens is 291 g/mol. The number of nitrogens with two attached hydrogens (primary N) is 1. The van der Waals surface area contributed by atoms with Crippen LogP contribution in [0.3, 0.4) is 0 Å². The summed E-state index contributed by atoms with van der Waals surface area (Å²) in [5.74, 6) is 0.334. The SMILES string of the molecule is C/C(=C\c1ccc(F)cc1)C(=O)N1CCC(CN)CC1.Cl. The van der Waals surface area contributed by atoms with Crippen LogP contribution in [0.25, 0.3) is 6.08 Å². The molecule has 3 nitrogen and oxygen atoms in total. The number of hydrogen-bond donors (Lipinski definition) is 1. The molecule has 1 fully saturated rings. The topological polar surface area (TPSA) is 46.3 Å². The van der Waals surface area contributed by atoms with Crippen molar-refractivity contribution < 1.29 is 9.18 Å². The minimum absolute atomic E-state index is 0. The Bertz CT molecular complexity index is 494. The molecule has 1 aliphatic rings. The molecule has 0 unspecified atom stereocenters. The van der Waals surface area contributed by atoms with Gasteiger partial charge in [0.2, 0.25) is 5.91 Å². The summed E-state index contributed by atoms with van der Waals surface area (Å²) >= 11 is 0. The van der Waals surface area contributed by atoms with Crippen LogP contribution in [0.4, 0.5) is 4.39 Å². The Kier molecular flexibility index (Phi) is 6.85.